The van der Waals surface area contributed by atoms with Crippen molar-refractivity contribution in [2.75, 3.05) is 13.1 Å². The molecule has 1 fully saturated rings. The van der Waals surface area contributed by atoms with Crippen molar-refractivity contribution in [1.82, 2.24) is 10.2 Å². The standard InChI is InChI=1S/C13H16N2O3/c1-9-12(16)14-5-6-15(9)8-10-3-2-4-11(7-10)13(17)18/h2-4,7,9H,5-6,8H2,1H3,(H,14,16)(H,17,18). The van der Waals surface area contributed by atoms with E-state index in [0.29, 0.717) is 13.1 Å². The molecule has 1 saturated heterocycles. The Morgan fingerprint density at radius 2 is 2.33 bits per heavy atom. The molecule has 1 aromatic rings. The SMILES string of the molecule is CC1C(=O)NCCN1Cc1cccc(C(=O)O)c1. The number of nitrogens with zero attached hydrogens (tertiary/aromatic N) is 1. The molecule has 2 N–H and O–H groups in total. The predicted octanol–water partition coefficient (Wildman–Crippen LogP) is 0.705. The van der Waals surface area contributed by atoms with Crippen LogP contribution in [-0.2, 0) is 11.3 Å². The lowest BCUT2D eigenvalue weighted by atomic mass is 10.1. The van der Waals surface area contributed by atoms with Crippen molar-refractivity contribution < 1.29 is 14.7 Å². The van der Waals surface area contributed by atoms with Crippen LogP contribution in [-0.4, -0.2) is 41.0 Å². The summed E-state index contributed by atoms with van der Waals surface area (Å²) in [5.74, 6) is -0.906. The molecule has 0 saturated carbocycles. The van der Waals surface area contributed by atoms with Crippen LogP contribution in [0, 0.1) is 0 Å². The Balaban J connectivity index is 2.11. The van der Waals surface area contributed by atoms with Gasteiger partial charge in [0.15, 0.2) is 0 Å². The zero-order chi connectivity index (χ0) is 13.1. The lowest BCUT2D eigenvalue weighted by Gasteiger charge is -2.32. The zero-order valence-electron chi connectivity index (χ0n) is 10.2. The Bertz CT molecular complexity index is 473. The van der Waals surface area contributed by atoms with Crippen molar-refractivity contribution in [3.63, 3.8) is 0 Å². The molecule has 0 bridgehead atoms. The van der Waals surface area contributed by atoms with Crippen molar-refractivity contribution in [3.8, 4) is 0 Å². The maximum atomic E-state index is 11.5. The van der Waals surface area contributed by atoms with E-state index in [9.17, 15) is 9.59 Å². The third-order valence-corrected chi connectivity index (χ3v) is 3.19. The van der Waals surface area contributed by atoms with Crippen molar-refractivity contribution in [2.45, 2.75) is 19.5 Å². The summed E-state index contributed by atoms with van der Waals surface area (Å²) in [4.78, 5) is 24.4. The van der Waals surface area contributed by atoms with E-state index in [4.69, 9.17) is 5.11 Å². The number of carbonyl (C=O) groups is 2. The van der Waals surface area contributed by atoms with Gasteiger partial charge in [-0.2, -0.15) is 0 Å². The molecule has 1 aromatic carbocycles. The third-order valence-electron chi connectivity index (χ3n) is 3.19. The molecule has 0 spiro atoms. The van der Waals surface area contributed by atoms with E-state index in [1.165, 1.54) is 0 Å². The summed E-state index contributed by atoms with van der Waals surface area (Å²) in [5.41, 5.74) is 1.19. The number of amides is 1. The molecule has 2 rings (SSSR count). The smallest absolute Gasteiger partial charge is 0.335 e. The quantitative estimate of drug-likeness (QED) is 0.826. The summed E-state index contributed by atoms with van der Waals surface area (Å²) in [7, 11) is 0. The number of carboxylic acids is 1. The molecular weight excluding hydrogens is 232 g/mol. The van der Waals surface area contributed by atoms with E-state index >= 15 is 0 Å². The van der Waals surface area contributed by atoms with Crippen LogP contribution in [0.15, 0.2) is 24.3 Å². The largest absolute Gasteiger partial charge is 0.478 e. The fourth-order valence-electron chi connectivity index (χ4n) is 2.08. The van der Waals surface area contributed by atoms with Gasteiger partial charge in [0.25, 0.3) is 0 Å². The van der Waals surface area contributed by atoms with Gasteiger partial charge in [-0.1, -0.05) is 12.1 Å². The number of piperazine rings is 1. The highest BCUT2D eigenvalue weighted by atomic mass is 16.4. The van der Waals surface area contributed by atoms with E-state index in [1.54, 1.807) is 18.2 Å². The average Bonchev–Trinajstić information content (AvgIpc) is 2.35. The van der Waals surface area contributed by atoms with E-state index in [0.717, 1.165) is 12.1 Å². The van der Waals surface area contributed by atoms with Gasteiger partial charge in [-0.3, -0.25) is 9.69 Å². The highest BCUT2D eigenvalue weighted by Crippen LogP contribution is 2.12. The summed E-state index contributed by atoms with van der Waals surface area (Å²) in [6.07, 6.45) is 0. The van der Waals surface area contributed by atoms with Crippen LogP contribution in [0.4, 0.5) is 0 Å². The van der Waals surface area contributed by atoms with Crippen LogP contribution in [0.5, 0.6) is 0 Å². The number of hydrogen-bond donors (Lipinski definition) is 2. The number of nitrogens with one attached hydrogen (secondary N) is 1. The van der Waals surface area contributed by atoms with Gasteiger partial charge in [0.05, 0.1) is 11.6 Å². The zero-order valence-corrected chi connectivity index (χ0v) is 10.2. The van der Waals surface area contributed by atoms with Gasteiger partial charge in [-0.25, -0.2) is 4.79 Å². The Kier molecular flexibility index (Phi) is 3.62. The second-order valence-corrected chi connectivity index (χ2v) is 4.44. The summed E-state index contributed by atoms with van der Waals surface area (Å²) >= 11 is 0. The lowest BCUT2D eigenvalue weighted by molar-refractivity contribution is -0.128. The molecule has 96 valence electrons. The van der Waals surface area contributed by atoms with Gasteiger partial charge in [-0.05, 0) is 24.6 Å². The molecule has 1 aliphatic heterocycles. The van der Waals surface area contributed by atoms with Gasteiger partial charge in [0.1, 0.15) is 0 Å². The van der Waals surface area contributed by atoms with Crippen LogP contribution in [0.3, 0.4) is 0 Å². The van der Waals surface area contributed by atoms with Crippen LogP contribution >= 0.6 is 0 Å². The number of aromatic carboxylic acids is 1. The molecule has 0 radical (unpaired) electrons. The van der Waals surface area contributed by atoms with Crippen LogP contribution in [0.2, 0.25) is 0 Å². The minimum atomic E-state index is -0.929. The first-order valence-electron chi connectivity index (χ1n) is 5.92. The second-order valence-electron chi connectivity index (χ2n) is 4.44. The number of hydrogen-bond acceptors (Lipinski definition) is 3. The summed E-state index contributed by atoms with van der Waals surface area (Å²) < 4.78 is 0. The fraction of sp³-hybridized carbons (Fsp3) is 0.385. The van der Waals surface area contributed by atoms with Gasteiger partial charge < -0.3 is 10.4 Å². The molecular formula is C13H16N2O3. The molecule has 0 aliphatic carbocycles. The maximum Gasteiger partial charge on any atom is 0.335 e. The summed E-state index contributed by atoms with van der Waals surface area (Å²) in [6, 6.07) is 6.66. The monoisotopic (exact) mass is 248 g/mol. The highest BCUT2D eigenvalue weighted by molar-refractivity contribution is 5.87. The normalized spacial score (nSPS) is 20.5. The predicted molar refractivity (Wildman–Crippen MR) is 66.3 cm³/mol. The van der Waals surface area contributed by atoms with Gasteiger partial charge in [0.2, 0.25) is 5.91 Å². The molecule has 1 atom stereocenters. The Labute approximate surface area is 105 Å². The molecule has 5 heteroatoms. The minimum Gasteiger partial charge on any atom is -0.478 e. The Morgan fingerprint density at radius 3 is 3.06 bits per heavy atom. The number of rotatable bonds is 3. The number of carboxylic acid groups (broad SMARTS) is 1. The van der Waals surface area contributed by atoms with Gasteiger partial charge in [0, 0.05) is 19.6 Å². The van der Waals surface area contributed by atoms with Crippen molar-refractivity contribution in [1.29, 1.82) is 0 Å². The number of benzene rings is 1. The van der Waals surface area contributed by atoms with E-state index in [1.807, 2.05) is 17.9 Å². The molecule has 18 heavy (non-hydrogen) atoms. The summed E-state index contributed by atoms with van der Waals surface area (Å²) in [5, 5.41) is 11.7. The van der Waals surface area contributed by atoms with Crippen LogP contribution in [0.1, 0.15) is 22.8 Å². The van der Waals surface area contributed by atoms with Crippen LogP contribution in [0.25, 0.3) is 0 Å². The Morgan fingerprint density at radius 1 is 1.56 bits per heavy atom. The number of carbonyl (C=O) groups excluding carboxylic acids is 1. The average molecular weight is 248 g/mol. The molecule has 1 aliphatic rings. The minimum absolute atomic E-state index is 0.0237. The Hall–Kier alpha value is -1.88. The third kappa shape index (κ3) is 2.68. The van der Waals surface area contributed by atoms with Crippen molar-refractivity contribution >= 4 is 11.9 Å². The first-order valence-corrected chi connectivity index (χ1v) is 5.92. The van der Waals surface area contributed by atoms with Crippen molar-refractivity contribution in [2.24, 2.45) is 0 Å². The highest BCUT2D eigenvalue weighted by Gasteiger charge is 2.25. The first kappa shape index (κ1) is 12.6. The molecule has 5 nitrogen and oxygen atoms in total. The molecule has 0 aromatic heterocycles. The van der Waals surface area contributed by atoms with E-state index < -0.39 is 5.97 Å². The van der Waals surface area contributed by atoms with Crippen LogP contribution < -0.4 is 5.32 Å². The maximum absolute atomic E-state index is 11.5. The summed E-state index contributed by atoms with van der Waals surface area (Å²) in [6.45, 7) is 3.87. The van der Waals surface area contributed by atoms with E-state index in [-0.39, 0.29) is 17.5 Å². The molecule has 1 amide bonds. The van der Waals surface area contributed by atoms with Gasteiger partial charge in [-0.15, -0.1) is 0 Å². The topological polar surface area (TPSA) is 69.6 Å². The van der Waals surface area contributed by atoms with Gasteiger partial charge >= 0.3 is 5.97 Å². The van der Waals surface area contributed by atoms with E-state index in [2.05, 4.69) is 5.32 Å². The first-order chi connectivity index (χ1) is 8.58. The second kappa shape index (κ2) is 5.18. The molecule has 1 unspecified atom stereocenters. The lowest BCUT2D eigenvalue weighted by Crippen LogP contribution is -2.53. The fourth-order valence-corrected chi connectivity index (χ4v) is 2.08. The van der Waals surface area contributed by atoms with Crippen molar-refractivity contribution in [3.05, 3.63) is 35.4 Å². The molecule has 1 heterocycles.